The standard InChI is InChI=1S/C16H19N/c1-11-6-9-15(16(17)10-12-7-8-12)14-5-3-2-4-13(11)14/h2-6,9,12,16H,7-8,10,17H2,1H3/t16-/m1/s1. The van der Waals surface area contributed by atoms with Gasteiger partial charge < -0.3 is 5.73 Å². The quantitative estimate of drug-likeness (QED) is 0.841. The molecule has 1 atom stereocenters. The second-order valence-corrected chi connectivity index (χ2v) is 5.30. The summed E-state index contributed by atoms with van der Waals surface area (Å²) in [6.07, 6.45) is 3.89. The summed E-state index contributed by atoms with van der Waals surface area (Å²) in [4.78, 5) is 0. The van der Waals surface area contributed by atoms with Crippen molar-refractivity contribution in [2.45, 2.75) is 32.2 Å². The van der Waals surface area contributed by atoms with Crippen molar-refractivity contribution >= 4 is 10.8 Å². The average Bonchev–Trinajstić information content (AvgIpc) is 3.14. The molecule has 2 N–H and O–H groups in total. The summed E-state index contributed by atoms with van der Waals surface area (Å²) in [5.41, 5.74) is 9.01. The molecular formula is C16H19N. The first-order chi connectivity index (χ1) is 8.25. The Morgan fingerprint density at radius 2 is 1.82 bits per heavy atom. The molecule has 0 bridgehead atoms. The maximum Gasteiger partial charge on any atom is 0.0303 e. The van der Waals surface area contributed by atoms with E-state index in [0.29, 0.717) is 0 Å². The highest BCUT2D eigenvalue weighted by Crippen LogP contribution is 2.38. The van der Waals surface area contributed by atoms with Crippen molar-refractivity contribution in [3.8, 4) is 0 Å². The number of hydrogen-bond acceptors (Lipinski definition) is 1. The maximum absolute atomic E-state index is 6.35. The molecule has 0 aliphatic heterocycles. The molecule has 3 rings (SSSR count). The summed E-state index contributed by atoms with van der Waals surface area (Å²) in [6, 6.07) is 13.2. The number of aryl methyl sites for hydroxylation is 1. The molecule has 1 aliphatic carbocycles. The minimum atomic E-state index is 0.202. The third kappa shape index (κ3) is 2.07. The van der Waals surface area contributed by atoms with Crippen molar-refractivity contribution in [2.75, 3.05) is 0 Å². The minimum Gasteiger partial charge on any atom is -0.324 e. The van der Waals surface area contributed by atoms with E-state index in [0.717, 1.165) is 12.3 Å². The van der Waals surface area contributed by atoms with E-state index in [1.54, 1.807) is 0 Å². The Morgan fingerprint density at radius 3 is 2.53 bits per heavy atom. The molecule has 0 heterocycles. The summed E-state index contributed by atoms with van der Waals surface area (Å²) in [5.74, 6) is 0.880. The lowest BCUT2D eigenvalue weighted by Gasteiger charge is -2.15. The number of hydrogen-bond donors (Lipinski definition) is 1. The number of benzene rings is 2. The number of rotatable bonds is 3. The van der Waals surface area contributed by atoms with Gasteiger partial charge in [-0.1, -0.05) is 49.2 Å². The molecule has 1 heteroatoms. The molecule has 1 fully saturated rings. The number of nitrogens with two attached hydrogens (primary N) is 1. The first-order valence-electron chi connectivity index (χ1n) is 6.49. The predicted octanol–water partition coefficient (Wildman–Crippen LogP) is 3.95. The van der Waals surface area contributed by atoms with Crippen LogP contribution in [0, 0.1) is 12.8 Å². The molecular weight excluding hydrogens is 206 g/mol. The Balaban J connectivity index is 2.05. The van der Waals surface area contributed by atoms with E-state index in [2.05, 4.69) is 43.3 Å². The Labute approximate surface area is 103 Å². The summed E-state index contributed by atoms with van der Waals surface area (Å²) in [7, 11) is 0. The SMILES string of the molecule is Cc1ccc([C@H](N)CC2CC2)c2ccccc12. The van der Waals surface area contributed by atoms with Gasteiger partial charge in [0.15, 0.2) is 0 Å². The fourth-order valence-electron chi connectivity index (χ4n) is 2.64. The Hall–Kier alpha value is -1.34. The highest BCUT2D eigenvalue weighted by molar-refractivity contribution is 5.88. The lowest BCUT2D eigenvalue weighted by atomic mass is 9.94. The molecule has 1 nitrogen and oxygen atoms in total. The molecule has 17 heavy (non-hydrogen) atoms. The lowest BCUT2D eigenvalue weighted by molar-refractivity contribution is 0.600. The fraction of sp³-hybridized carbons (Fsp3) is 0.375. The van der Waals surface area contributed by atoms with E-state index in [1.807, 2.05) is 0 Å². The van der Waals surface area contributed by atoms with Gasteiger partial charge in [0.1, 0.15) is 0 Å². The topological polar surface area (TPSA) is 26.0 Å². The van der Waals surface area contributed by atoms with Gasteiger partial charge in [0.25, 0.3) is 0 Å². The van der Waals surface area contributed by atoms with Gasteiger partial charge in [0.05, 0.1) is 0 Å². The normalized spacial score (nSPS) is 17.3. The predicted molar refractivity (Wildman–Crippen MR) is 73.0 cm³/mol. The average molecular weight is 225 g/mol. The smallest absolute Gasteiger partial charge is 0.0303 e. The zero-order valence-corrected chi connectivity index (χ0v) is 10.3. The second-order valence-electron chi connectivity index (χ2n) is 5.30. The molecule has 1 saturated carbocycles. The second kappa shape index (κ2) is 4.15. The van der Waals surface area contributed by atoms with Crippen LogP contribution in [0.3, 0.4) is 0 Å². The van der Waals surface area contributed by atoms with E-state index in [9.17, 15) is 0 Å². The van der Waals surface area contributed by atoms with E-state index >= 15 is 0 Å². The van der Waals surface area contributed by atoms with Crippen LogP contribution < -0.4 is 5.73 Å². The molecule has 0 unspecified atom stereocenters. The van der Waals surface area contributed by atoms with Crippen LogP contribution in [-0.4, -0.2) is 0 Å². The van der Waals surface area contributed by atoms with Crippen molar-refractivity contribution in [1.29, 1.82) is 0 Å². The van der Waals surface area contributed by atoms with Crippen LogP contribution in [0.4, 0.5) is 0 Å². The van der Waals surface area contributed by atoms with E-state index in [1.165, 1.54) is 34.7 Å². The van der Waals surface area contributed by atoms with Crippen LogP contribution in [0.15, 0.2) is 36.4 Å². The van der Waals surface area contributed by atoms with Crippen molar-refractivity contribution in [3.05, 3.63) is 47.5 Å². The zero-order valence-electron chi connectivity index (χ0n) is 10.3. The van der Waals surface area contributed by atoms with Crippen LogP contribution >= 0.6 is 0 Å². The Morgan fingerprint density at radius 1 is 1.12 bits per heavy atom. The summed E-state index contributed by atoms with van der Waals surface area (Å²) >= 11 is 0. The molecule has 0 spiro atoms. The van der Waals surface area contributed by atoms with Crippen molar-refractivity contribution in [3.63, 3.8) is 0 Å². The van der Waals surface area contributed by atoms with Crippen molar-refractivity contribution < 1.29 is 0 Å². The molecule has 0 amide bonds. The lowest BCUT2D eigenvalue weighted by Crippen LogP contribution is -2.11. The van der Waals surface area contributed by atoms with Gasteiger partial charge in [0.2, 0.25) is 0 Å². The van der Waals surface area contributed by atoms with Gasteiger partial charge in [-0.3, -0.25) is 0 Å². The van der Waals surface area contributed by atoms with Gasteiger partial charge in [-0.05, 0) is 41.2 Å². The monoisotopic (exact) mass is 225 g/mol. The molecule has 1 aliphatic rings. The van der Waals surface area contributed by atoms with Crippen LogP contribution in [0.5, 0.6) is 0 Å². The van der Waals surface area contributed by atoms with Crippen LogP contribution in [0.1, 0.15) is 36.4 Å². The van der Waals surface area contributed by atoms with Crippen LogP contribution in [0.25, 0.3) is 10.8 Å². The van der Waals surface area contributed by atoms with Crippen LogP contribution in [0.2, 0.25) is 0 Å². The van der Waals surface area contributed by atoms with Crippen molar-refractivity contribution in [1.82, 2.24) is 0 Å². The molecule has 2 aromatic rings. The first kappa shape index (κ1) is 10.8. The van der Waals surface area contributed by atoms with Gasteiger partial charge in [-0.15, -0.1) is 0 Å². The Kier molecular flexibility index (Phi) is 2.64. The van der Waals surface area contributed by atoms with E-state index in [-0.39, 0.29) is 6.04 Å². The molecule has 0 aromatic heterocycles. The van der Waals surface area contributed by atoms with Crippen molar-refractivity contribution in [2.24, 2.45) is 11.7 Å². The van der Waals surface area contributed by atoms with E-state index < -0.39 is 0 Å². The minimum absolute atomic E-state index is 0.202. The molecule has 0 radical (unpaired) electrons. The summed E-state index contributed by atoms with van der Waals surface area (Å²) in [6.45, 7) is 2.17. The fourth-order valence-corrected chi connectivity index (χ4v) is 2.64. The largest absolute Gasteiger partial charge is 0.324 e. The summed E-state index contributed by atoms with van der Waals surface area (Å²) in [5, 5.41) is 2.68. The Bertz CT molecular complexity index is 540. The number of fused-ring (bicyclic) bond motifs is 1. The maximum atomic E-state index is 6.35. The third-order valence-electron chi connectivity index (χ3n) is 3.86. The third-order valence-corrected chi connectivity index (χ3v) is 3.86. The zero-order chi connectivity index (χ0) is 11.8. The first-order valence-corrected chi connectivity index (χ1v) is 6.49. The highest BCUT2D eigenvalue weighted by atomic mass is 14.6. The van der Waals surface area contributed by atoms with E-state index in [4.69, 9.17) is 5.73 Å². The summed E-state index contributed by atoms with van der Waals surface area (Å²) < 4.78 is 0. The van der Waals surface area contributed by atoms with Gasteiger partial charge in [0, 0.05) is 6.04 Å². The van der Waals surface area contributed by atoms with Crippen LogP contribution in [-0.2, 0) is 0 Å². The van der Waals surface area contributed by atoms with Gasteiger partial charge in [-0.2, -0.15) is 0 Å². The van der Waals surface area contributed by atoms with Gasteiger partial charge >= 0.3 is 0 Å². The van der Waals surface area contributed by atoms with Gasteiger partial charge in [-0.25, -0.2) is 0 Å². The molecule has 0 saturated heterocycles. The highest BCUT2D eigenvalue weighted by Gasteiger charge is 2.25. The molecule has 2 aromatic carbocycles. The molecule has 88 valence electrons.